The highest BCUT2D eigenvalue weighted by atomic mass is 35.5. The maximum atomic E-state index is 6.03. The smallest absolute Gasteiger partial charge is 0.0931 e. The Balaban J connectivity index is 0.000000980. The number of halogens is 2. The van der Waals surface area contributed by atoms with Crippen molar-refractivity contribution in [2.45, 2.75) is 6.04 Å². The Labute approximate surface area is 102 Å². The van der Waals surface area contributed by atoms with Crippen LogP contribution in [-0.2, 0) is 0 Å². The van der Waals surface area contributed by atoms with Crippen molar-refractivity contribution in [1.29, 1.82) is 0 Å². The molecule has 0 radical (unpaired) electrons. The van der Waals surface area contributed by atoms with Crippen LogP contribution in [0.5, 0.6) is 0 Å². The van der Waals surface area contributed by atoms with Crippen LogP contribution in [0.25, 0.3) is 0 Å². The fourth-order valence-corrected chi connectivity index (χ4v) is 2.90. The molecule has 2 aromatic rings. The molecule has 0 bridgehead atoms. The van der Waals surface area contributed by atoms with Gasteiger partial charge in [0.05, 0.1) is 10.4 Å². The van der Waals surface area contributed by atoms with Crippen LogP contribution in [0.15, 0.2) is 29.0 Å². The maximum absolute atomic E-state index is 6.03. The Morgan fingerprint density at radius 1 is 1.29 bits per heavy atom. The molecule has 2 aromatic heterocycles. The lowest BCUT2D eigenvalue weighted by Gasteiger charge is -2.05. The van der Waals surface area contributed by atoms with Crippen LogP contribution >= 0.6 is 46.7 Å². The Bertz CT molecular complexity index is 383. The van der Waals surface area contributed by atoms with Crippen molar-refractivity contribution in [2.75, 3.05) is 0 Å². The van der Waals surface area contributed by atoms with Gasteiger partial charge in [0.2, 0.25) is 0 Å². The van der Waals surface area contributed by atoms with Crippen molar-refractivity contribution in [1.82, 2.24) is 0 Å². The molecule has 0 aromatic carbocycles. The lowest BCUT2D eigenvalue weighted by atomic mass is 10.1. The molecule has 0 saturated carbocycles. The molecule has 0 saturated heterocycles. The van der Waals surface area contributed by atoms with Crippen molar-refractivity contribution in [3.05, 3.63) is 43.7 Å². The van der Waals surface area contributed by atoms with Crippen LogP contribution in [0.4, 0.5) is 0 Å². The molecular weight excluding hydrogens is 257 g/mol. The van der Waals surface area contributed by atoms with E-state index in [4.69, 9.17) is 17.3 Å². The van der Waals surface area contributed by atoms with Gasteiger partial charge in [-0.3, -0.25) is 0 Å². The zero-order valence-corrected chi connectivity index (χ0v) is 10.3. The molecule has 0 fully saturated rings. The molecule has 1 atom stereocenters. The lowest BCUT2D eigenvalue weighted by molar-refractivity contribution is 0.899. The second-order valence-corrected chi connectivity index (χ2v) is 5.20. The summed E-state index contributed by atoms with van der Waals surface area (Å²) in [4.78, 5) is 1.11. The molecular formula is C9H9Cl2NS2. The van der Waals surface area contributed by atoms with E-state index in [1.54, 1.807) is 11.3 Å². The van der Waals surface area contributed by atoms with Gasteiger partial charge in [-0.1, -0.05) is 11.6 Å². The SMILES string of the molecule is Cl.N[C@@H](c1ccsc1)c1ccc(Cl)s1. The van der Waals surface area contributed by atoms with Crippen molar-refractivity contribution in [2.24, 2.45) is 5.73 Å². The zero-order valence-electron chi connectivity index (χ0n) is 7.14. The summed E-state index contributed by atoms with van der Waals surface area (Å²) >= 11 is 9.03. The molecule has 0 aliphatic rings. The first-order valence-electron chi connectivity index (χ1n) is 3.80. The van der Waals surface area contributed by atoms with Crippen LogP contribution in [-0.4, -0.2) is 0 Å². The van der Waals surface area contributed by atoms with Gasteiger partial charge in [0.1, 0.15) is 0 Å². The number of hydrogen-bond acceptors (Lipinski definition) is 3. The number of thiophene rings is 2. The number of hydrogen-bond donors (Lipinski definition) is 1. The minimum absolute atomic E-state index is 0. The summed E-state index contributed by atoms with van der Waals surface area (Å²) in [5.74, 6) is 0. The van der Waals surface area contributed by atoms with Crippen LogP contribution in [0.1, 0.15) is 16.5 Å². The van der Waals surface area contributed by atoms with E-state index in [0.29, 0.717) is 0 Å². The zero-order chi connectivity index (χ0) is 9.26. The fraction of sp³-hybridized carbons (Fsp3) is 0.111. The van der Waals surface area contributed by atoms with Crippen LogP contribution in [0, 0.1) is 0 Å². The molecule has 2 rings (SSSR count). The topological polar surface area (TPSA) is 26.0 Å². The Morgan fingerprint density at radius 2 is 2.07 bits per heavy atom. The van der Waals surface area contributed by atoms with E-state index >= 15 is 0 Å². The Kier molecular flexibility index (Phi) is 4.41. The first-order chi connectivity index (χ1) is 6.27. The van der Waals surface area contributed by atoms with Crippen LogP contribution in [0.3, 0.4) is 0 Å². The molecule has 0 amide bonds. The van der Waals surface area contributed by atoms with Crippen molar-refractivity contribution in [3.63, 3.8) is 0 Å². The summed E-state index contributed by atoms with van der Waals surface area (Å²) in [5.41, 5.74) is 7.19. The van der Waals surface area contributed by atoms with Crippen LogP contribution in [0.2, 0.25) is 4.34 Å². The average molecular weight is 266 g/mol. The summed E-state index contributed by atoms with van der Waals surface area (Å²) in [7, 11) is 0. The normalized spacial score (nSPS) is 12.1. The van der Waals surface area contributed by atoms with E-state index in [2.05, 4.69) is 5.38 Å². The highest BCUT2D eigenvalue weighted by molar-refractivity contribution is 7.16. The summed E-state index contributed by atoms with van der Waals surface area (Å²) < 4.78 is 0.792. The van der Waals surface area contributed by atoms with Crippen molar-refractivity contribution in [3.8, 4) is 0 Å². The van der Waals surface area contributed by atoms with E-state index in [9.17, 15) is 0 Å². The summed E-state index contributed by atoms with van der Waals surface area (Å²) in [6.45, 7) is 0. The quantitative estimate of drug-likeness (QED) is 0.875. The highest BCUT2D eigenvalue weighted by Gasteiger charge is 2.10. The van der Waals surface area contributed by atoms with Gasteiger partial charge in [0.15, 0.2) is 0 Å². The van der Waals surface area contributed by atoms with Gasteiger partial charge in [0.25, 0.3) is 0 Å². The van der Waals surface area contributed by atoms with E-state index in [0.717, 1.165) is 14.8 Å². The third-order valence-corrected chi connectivity index (χ3v) is 3.82. The molecule has 2 N–H and O–H groups in total. The maximum Gasteiger partial charge on any atom is 0.0931 e. The number of nitrogens with two attached hydrogens (primary N) is 1. The fourth-order valence-electron chi connectivity index (χ4n) is 1.11. The summed E-state index contributed by atoms with van der Waals surface area (Å²) in [5, 5.41) is 4.10. The van der Waals surface area contributed by atoms with Gasteiger partial charge in [-0.15, -0.1) is 23.7 Å². The molecule has 14 heavy (non-hydrogen) atoms. The average Bonchev–Trinajstić information content (AvgIpc) is 2.72. The lowest BCUT2D eigenvalue weighted by Crippen LogP contribution is -2.08. The number of rotatable bonds is 2. The Morgan fingerprint density at radius 3 is 2.57 bits per heavy atom. The van der Waals surface area contributed by atoms with Gasteiger partial charge in [-0.2, -0.15) is 11.3 Å². The first kappa shape index (κ1) is 12.0. The summed E-state index contributed by atoms with van der Waals surface area (Å²) in [6.07, 6.45) is 0. The van der Waals surface area contributed by atoms with E-state index in [-0.39, 0.29) is 18.4 Å². The third kappa shape index (κ3) is 2.49. The van der Waals surface area contributed by atoms with Crippen molar-refractivity contribution >= 4 is 46.7 Å². The summed E-state index contributed by atoms with van der Waals surface area (Å²) in [6, 6.07) is 5.88. The first-order valence-corrected chi connectivity index (χ1v) is 5.94. The monoisotopic (exact) mass is 265 g/mol. The minimum atomic E-state index is -0.0243. The standard InChI is InChI=1S/C9H8ClNS2.ClH/c10-8-2-1-7(13-8)9(11)6-3-4-12-5-6;/h1-5,9H,11H2;1H/t9-;/m0./s1. The van der Waals surface area contributed by atoms with E-state index in [1.165, 1.54) is 11.3 Å². The molecule has 0 spiro atoms. The predicted octanol–water partition coefficient (Wildman–Crippen LogP) is 3.93. The van der Waals surface area contributed by atoms with E-state index < -0.39 is 0 Å². The van der Waals surface area contributed by atoms with Gasteiger partial charge >= 0.3 is 0 Å². The largest absolute Gasteiger partial charge is 0.320 e. The molecule has 5 heteroatoms. The molecule has 2 heterocycles. The minimum Gasteiger partial charge on any atom is -0.320 e. The highest BCUT2D eigenvalue weighted by Crippen LogP contribution is 2.30. The van der Waals surface area contributed by atoms with Crippen LogP contribution < -0.4 is 5.73 Å². The Hall–Kier alpha value is -0.0600. The second kappa shape index (κ2) is 5.14. The predicted molar refractivity (Wildman–Crippen MR) is 66.9 cm³/mol. The third-order valence-electron chi connectivity index (χ3n) is 1.80. The van der Waals surface area contributed by atoms with E-state index in [1.807, 2.05) is 23.6 Å². The molecule has 1 nitrogen and oxygen atoms in total. The van der Waals surface area contributed by atoms with Gasteiger partial charge < -0.3 is 5.73 Å². The second-order valence-electron chi connectivity index (χ2n) is 2.68. The van der Waals surface area contributed by atoms with Gasteiger partial charge in [-0.05, 0) is 34.5 Å². The molecule has 0 unspecified atom stereocenters. The molecule has 0 aliphatic carbocycles. The molecule has 76 valence electrons. The molecule has 0 aliphatic heterocycles. The van der Waals surface area contributed by atoms with Crippen molar-refractivity contribution < 1.29 is 0 Å². The van der Waals surface area contributed by atoms with Gasteiger partial charge in [0, 0.05) is 4.88 Å². The van der Waals surface area contributed by atoms with Gasteiger partial charge in [-0.25, -0.2) is 0 Å².